The van der Waals surface area contributed by atoms with E-state index in [9.17, 15) is 14.9 Å². The number of halogens is 1. The monoisotopic (exact) mass is 269 g/mol. The Morgan fingerprint density at radius 2 is 2.28 bits per heavy atom. The quantitative estimate of drug-likeness (QED) is 0.514. The van der Waals surface area contributed by atoms with Crippen LogP contribution in [0.15, 0.2) is 23.3 Å². The van der Waals surface area contributed by atoms with Crippen LogP contribution in [0, 0.1) is 10.1 Å². The standard InChI is InChI=1S/C10H8ClN3O4/c11-1-2-18-9-4-7-6(3-8(9)14(16)17)10(15)13-5-12-7/h3-5H,1-2H2,(H,12,13,15). The molecule has 0 atom stereocenters. The minimum absolute atomic E-state index is 0.0475. The molecule has 7 nitrogen and oxygen atoms in total. The fourth-order valence-corrected chi connectivity index (χ4v) is 1.57. The summed E-state index contributed by atoms with van der Waals surface area (Å²) in [5.74, 6) is 0.254. The Morgan fingerprint density at radius 3 is 2.94 bits per heavy atom. The number of nitro groups is 1. The first-order valence-corrected chi connectivity index (χ1v) is 5.51. The highest BCUT2D eigenvalue weighted by atomic mass is 35.5. The van der Waals surface area contributed by atoms with E-state index < -0.39 is 10.5 Å². The lowest BCUT2D eigenvalue weighted by atomic mass is 10.2. The van der Waals surface area contributed by atoms with Crippen molar-refractivity contribution in [1.29, 1.82) is 0 Å². The summed E-state index contributed by atoms with van der Waals surface area (Å²) in [5, 5.41) is 11.0. The molecule has 18 heavy (non-hydrogen) atoms. The van der Waals surface area contributed by atoms with Crippen LogP contribution in [0.4, 0.5) is 5.69 Å². The molecule has 8 heteroatoms. The van der Waals surface area contributed by atoms with Crippen molar-refractivity contribution in [2.24, 2.45) is 0 Å². The van der Waals surface area contributed by atoms with Crippen molar-refractivity contribution < 1.29 is 9.66 Å². The highest BCUT2D eigenvalue weighted by Crippen LogP contribution is 2.30. The van der Waals surface area contributed by atoms with Gasteiger partial charge in [-0.25, -0.2) is 4.98 Å². The molecule has 2 aromatic rings. The smallest absolute Gasteiger partial charge is 0.311 e. The van der Waals surface area contributed by atoms with Crippen molar-refractivity contribution in [2.75, 3.05) is 12.5 Å². The number of benzene rings is 1. The largest absolute Gasteiger partial charge is 0.485 e. The number of nitrogens with zero attached hydrogens (tertiary/aromatic N) is 2. The van der Waals surface area contributed by atoms with E-state index in [1.54, 1.807) is 0 Å². The van der Waals surface area contributed by atoms with Gasteiger partial charge in [-0.15, -0.1) is 11.6 Å². The number of nitro benzene ring substituents is 1. The molecule has 94 valence electrons. The number of ether oxygens (including phenoxy) is 1. The summed E-state index contributed by atoms with van der Waals surface area (Å²) in [4.78, 5) is 28.1. The molecule has 0 radical (unpaired) electrons. The number of rotatable bonds is 4. The number of hydrogen-bond donors (Lipinski definition) is 1. The molecule has 1 heterocycles. The zero-order chi connectivity index (χ0) is 13.1. The molecule has 0 aliphatic rings. The van der Waals surface area contributed by atoms with Crippen molar-refractivity contribution in [3.8, 4) is 5.75 Å². The van der Waals surface area contributed by atoms with E-state index in [1.165, 1.54) is 12.4 Å². The average molecular weight is 270 g/mol. The summed E-state index contributed by atoms with van der Waals surface area (Å²) in [6.07, 6.45) is 1.22. The lowest BCUT2D eigenvalue weighted by Gasteiger charge is -2.05. The first-order valence-electron chi connectivity index (χ1n) is 4.98. The van der Waals surface area contributed by atoms with E-state index >= 15 is 0 Å². The average Bonchev–Trinajstić information content (AvgIpc) is 2.35. The Hall–Kier alpha value is -2.15. The fraction of sp³-hybridized carbons (Fsp3) is 0.200. The summed E-state index contributed by atoms with van der Waals surface area (Å²) >= 11 is 5.46. The maximum absolute atomic E-state index is 11.5. The zero-order valence-corrected chi connectivity index (χ0v) is 9.81. The van der Waals surface area contributed by atoms with Gasteiger partial charge in [-0.1, -0.05) is 0 Å². The summed E-state index contributed by atoms with van der Waals surface area (Å²) in [7, 11) is 0. The SMILES string of the molecule is O=c1[nH]cnc2cc(OCCCl)c([N+](=O)[O-])cc12. The van der Waals surface area contributed by atoms with Gasteiger partial charge in [-0.05, 0) is 0 Å². The van der Waals surface area contributed by atoms with Gasteiger partial charge in [0.05, 0.1) is 28.0 Å². The van der Waals surface area contributed by atoms with Gasteiger partial charge in [-0.3, -0.25) is 14.9 Å². The van der Waals surface area contributed by atoms with E-state index in [0.29, 0.717) is 5.52 Å². The van der Waals surface area contributed by atoms with Crippen molar-refractivity contribution in [1.82, 2.24) is 9.97 Å². The van der Waals surface area contributed by atoms with Gasteiger partial charge in [0.15, 0.2) is 5.75 Å². The first-order chi connectivity index (χ1) is 8.63. The number of hydrogen-bond acceptors (Lipinski definition) is 5. The molecular formula is C10H8ClN3O4. The van der Waals surface area contributed by atoms with Crippen LogP contribution < -0.4 is 10.3 Å². The van der Waals surface area contributed by atoms with Crippen LogP contribution in [0.25, 0.3) is 10.9 Å². The molecular weight excluding hydrogens is 262 g/mol. The van der Waals surface area contributed by atoms with E-state index in [4.69, 9.17) is 16.3 Å². The lowest BCUT2D eigenvalue weighted by molar-refractivity contribution is -0.385. The third kappa shape index (κ3) is 2.25. The van der Waals surface area contributed by atoms with Crippen LogP contribution in [-0.4, -0.2) is 27.4 Å². The fourth-order valence-electron chi connectivity index (χ4n) is 1.49. The third-order valence-electron chi connectivity index (χ3n) is 2.25. The number of H-pyrrole nitrogens is 1. The van der Waals surface area contributed by atoms with Gasteiger partial charge >= 0.3 is 5.69 Å². The molecule has 1 aromatic heterocycles. The summed E-state index contributed by atoms with van der Waals surface area (Å²) in [5.41, 5.74) is -0.396. The molecule has 0 spiro atoms. The minimum atomic E-state index is -0.616. The van der Waals surface area contributed by atoms with Crippen molar-refractivity contribution in [3.05, 3.63) is 38.9 Å². The summed E-state index contributed by atoms with van der Waals surface area (Å²) in [6.45, 7) is 0.136. The highest BCUT2D eigenvalue weighted by Gasteiger charge is 2.18. The van der Waals surface area contributed by atoms with Crippen LogP contribution in [0.1, 0.15) is 0 Å². The second-order valence-electron chi connectivity index (χ2n) is 3.36. The Kier molecular flexibility index (Phi) is 3.42. The number of fused-ring (bicyclic) bond motifs is 1. The van der Waals surface area contributed by atoms with Gasteiger partial charge < -0.3 is 9.72 Å². The predicted molar refractivity (Wildman–Crippen MR) is 65.2 cm³/mol. The minimum Gasteiger partial charge on any atom is -0.485 e. The van der Waals surface area contributed by atoms with Gasteiger partial charge in [0.2, 0.25) is 0 Å². The molecule has 2 rings (SSSR count). The van der Waals surface area contributed by atoms with E-state index in [2.05, 4.69) is 9.97 Å². The second kappa shape index (κ2) is 5.01. The second-order valence-corrected chi connectivity index (χ2v) is 3.74. The van der Waals surface area contributed by atoms with Crippen molar-refractivity contribution in [2.45, 2.75) is 0 Å². The van der Waals surface area contributed by atoms with E-state index in [-0.39, 0.29) is 29.3 Å². The Balaban J connectivity index is 2.65. The van der Waals surface area contributed by atoms with Crippen LogP contribution in [0.2, 0.25) is 0 Å². The highest BCUT2D eigenvalue weighted by molar-refractivity contribution is 6.18. The van der Waals surface area contributed by atoms with E-state index in [0.717, 1.165) is 6.07 Å². The van der Waals surface area contributed by atoms with Gasteiger partial charge in [0.25, 0.3) is 5.56 Å². The predicted octanol–water partition coefficient (Wildman–Crippen LogP) is 1.45. The molecule has 0 bridgehead atoms. The number of aromatic amines is 1. The van der Waals surface area contributed by atoms with E-state index in [1.807, 2.05) is 0 Å². The maximum Gasteiger partial charge on any atom is 0.311 e. The normalized spacial score (nSPS) is 10.5. The van der Waals surface area contributed by atoms with Gasteiger partial charge in [-0.2, -0.15) is 0 Å². The van der Waals surface area contributed by atoms with Crippen LogP contribution in [0.5, 0.6) is 5.75 Å². The molecule has 0 aliphatic carbocycles. The molecule has 0 saturated carbocycles. The van der Waals surface area contributed by atoms with Crippen LogP contribution >= 0.6 is 11.6 Å². The topological polar surface area (TPSA) is 98.1 Å². The third-order valence-corrected chi connectivity index (χ3v) is 2.41. The Bertz CT molecular complexity index is 655. The summed E-state index contributed by atoms with van der Waals surface area (Å²) in [6, 6.07) is 2.50. The number of aromatic nitrogens is 2. The summed E-state index contributed by atoms with van der Waals surface area (Å²) < 4.78 is 5.17. The van der Waals surface area contributed by atoms with Crippen LogP contribution in [-0.2, 0) is 0 Å². The van der Waals surface area contributed by atoms with Gasteiger partial charge in [0.1, 0.15) is 6.61 Å². The molecule has 1 aromatic carbocycles. The van der Waals surface area contributed by atoms with Crippen molar-refractivity contribution >= 4 is 28.2 Å². The van der Waals surface area contributed by atoms with Crippen LogP contribution in [0.3, 0.4) is 0 Å². The maximum atomic E-state index is 11.5. The molecule has 0 fully saturated rings. The molecule has 0 amide bonds. The Morgan fingerprint density at radius 1 is 1.50 bits per heavy atom. The molecule has 0 aliphatic heterocycles. The molecule has 0 unspecified atom stereocenters. The number of alkyl halides is 1. The number of nitrogens with one attached hydrogen (secondary N) is 1. The van der Waals surface area contributed by atoms with Gasteiger partial charge in [0, 0.05) is 12.1 Å². The van der Waals surface area contributed by atoms with Crippen molar-refractivity contribution in [3.63, 3.8) is 0 Å². The molecule has 1 N–H and O–H groups in total. The zero-order valence-electron chi connectivity index (χ0n) is 9.05. The molecule has 0 saturated heterocycles. The lowest BCUT2D eigenvalue weighted by Crippen LogP contribution is -2.08. The Labute approximate surface area is 106 Å². The first kappa shape index (κ1) is 12.3.